The molecular weight excluding hydrogens is 292 g/mol. The standard InChI is InChI=1S/C14H21BrN2O/c1-10(16-2)13-8-11(15)4-5-14(13)17(3)12-6-7-18-9-12/h4-5,8,10,12,16H,6-7,9H2,1-3H3. The summed E-state index contributed by atoms with van der Waals surface area (Å²) in [5.74, 6) is 0. The molecule has 0 aliphatic carbocycles. The number of anilines is 1. The Morgan fingerprint density at radius 2 is 2.28 bits per heavy atom. The van der Waals surface area contributed by atoms with Crippen molar-refractivity contribution < 1.29 is 4.74 Å². The van der Waals surface area contributed by atoms with Gasteiger partial charge in [0.15, 0.2) is 0 Å². The molecule has 0 saturated carbocycles. The topological polar surface area (TPSA) is 24.5 Å². The zero-order chi connectivity index (χ0) is 13.1. The van der Waals surface area contributed by atoms with E-state index in [0.29, 0.717) is 12.1 Å². The van der Waals surface area contributed by atoms with Gasteiger partial charge in [0.1, 0.15) is 0 Å². The Hall–Kier alpha value is -0.580. The highest BCUT2D eigenvalue weighted by Crippen LogP contribution is 2.31. The molecule has 1 saturated heterocycles. The molecule has 100 valence electrons. The van der Waals surface area contributed by atoms with E-state index in [-0.39, 0.29) is 0 Å². The lowest BCUT2D eigenvalue weighted by atomic mass is 10.0. The maximum Gasteiger partial charge on any atom is 0.0670 e. The SMILES string of the molecule is CNC(C)c1cc(Br)ccc1N(C)C1CCOC1. The third-order valence-electron chi connectivity index (χ3n) is 3.72. The Labute approximate surface area is 118 Å². The fraction of sp³-hybridized carbons (Fsp3) is 0.571. The van der Waals surface area contributed by atoms with E-state index in [2.05, 4.69) is 58.3 Å². The van der Waals surface area contributed by atoms with Gasteiger partial charge in [-0.05, 0) is 44.2 Å². The predicted octanol–water partition coefficient (Wildman–Crippen LogP) is 2.95. The summed E-state index contributed by atoms with van der Waals surface area (Å²) in [4.78, 5) is 2.35. The number of likely N-dealkylation sites (N-methyl/N-ethyl adjacent to an activating group) is 1. The fourth-order valence-corrected chi connectivity index (χ4v) is 2.75. The first kappa shape index (κ1) is 13.8. The minimum Gasteiger partial charge on any atom is -0.379 e. The Kier molecular flexibility index (Phi) is 4.65. The summed E-state index contributed by atoms with van der Waals surface area (Å²) < 4.78 is 6.61. The smallest absolute Gasteiger partial charge is 0.0670 e. The normalized spacial score (nSPS) is 21.0. The average Bonchev–Trinajstić information content (AvgIpc) is 2.90. The number of hydrogen-bond acceptors (Lipinski definition) is 3. The third-order valence-corrected chi connectivity index (χ3v) is 4.22. The summed E-state index contributed by atoms with van der Waals surface area (Å²) in [6, 6.07) is 7.32. The van der Waals surface area contributed by atoms with E-state index >= 15 is 0 Å². The lowest BCUT2D eigenvalue weighted by Crippen LogP contribution is -2.33. The lowest BCUT2D eigenvalue weighted by molar-refractivity contribution is 0.193. The molecule has 1 N–H and O–H groups in total. The van der Waals surface area contributed by atoms with Gasteiger partial charge in [-0.3, -0.25) is 0 Å². The van der Waals surface area contributed by atoms with Crippen molar-refractivity contribution in [3.8, 4) is 0 Å². The van der Waals surface area contributed by atoms with Gasteiger partial charge in [-0.1, -0.05) is 15.9 Å². The quantitative estimate of drug-likeness (QED) is 0.925. The zero-order valence-electron chi connectivity index (χ0n) is 11.2. The van der Waals surface area contributed by atoms with Crippen molar-refractivity contribution in [2.24, 2.45) is 0 Å². The van der Waals surface area contributed by atoms with Crippen LogP contribution in [0.4, 0.5) is 5.69 Å². The van der Waals surface area contributed by atoms with Gasteiger partial charge >= 0.3 is 0 Å². The molecule has 0 amide bonds. The maximum absolute atomic E-state index is 5.48. The van der Waals surface area contributed by atoms with Crippen LogP contribution < -0.4 is 10.2 Å². The molecular formula is C14H21BrN2O. The zero-order valence-corrected chi connectivity index (χ0v) is 12.8. The lowest BCUT2D eigenvalue weighted by Gasteiger charge is -2.29. The van der Waals surface area contributed by atoms with Crippen LogP contribution in [-0.2, 0) is 4.74 Å². The molecule has 1 aromatic rings. The van der Waals surface area contributed by atoms with Crippen LogP contribution in [0.25, 0.3) is 0 Å². The van der Waals surface area contributed by atoms with Gasteiger partial charge in [0.05, 0.1) is 12.6 Å². The van der Waals surface area contributed by atoms with Crippen LogP contribution in [0.2, 0.25) is 0 Å². The number of halogens is 1. The third kappa shape index (κ3) is 2.87. The Morgan fingerprint density at radius 3 is 2.89 bits per heavy atom. The van der Waals surface area contributed by atoms with E-state index in [0.717, 1.165) is 24.1 Å². The van der Waals surface area contributed by atoms with Gasteiger partial charge in [-0.2, -0.15) is 0 Å². The van der Waals surface area contributed by atoms with E-state index in [1.165, 1.54) is 11.3 Å². The second kappa shape index (κ2) is 6.04. The fourth-order valence-electron chi connectivity index (χ4n) is 2.37. The van der Waals surface area contributed by atoms with E-state index in [9.17, 15) is 0 Å². The van der Waals surface area contributed by atoms with Gasteiger partial charge in [0, 0.05) is 29.9 Å². The van der Waals surface area contributed by atoms with Crippen LogP contribution >= 0.6 is 15.9 Å². The Morgan fingerprint density at radius 1 is 1.50 bits per heavy atom. The summed E-state index contributed by atoms with van der Waals surface area (Å²) in [5, 5.41) is 3.32. The molecule has 3 nitrogen and oxygen atoms in total. The minimum atomic E-state index is 0.335. The van der Waals surface area contributed by atoms with Crippen molar-refractivity contribution in [2.75, 3.05) is 32.2 Å². The second-order valence-corrected chi connectivity index (χ2v) is 5.76. The van der Waals surface area contributed by atoms with Crippen molar-refractivity contribution >= 4 is 21.6 Å². The highest BCUT2D eigenvalue weighted by atomic mass is 79.9. The van der Waals surface area contributed by atoms with Gasteiger partial charge in [-0.15, -0.1) is 0 Å². The number of rotatable bonds is 4. The van der Waals surface area contributed by atoms with Gasteiger partial charge in [-0.25, -0.2) is 0 Å². The molecule has 1 fully saturated rings. The first-order valence-electron chi connectivity index (χ1n) is 6.40. The molecule has 2 rings (SSSR count). The molecule has 0 aromatic heterocycles. The number of hydrogen-bond donors (Lipinski definition) is 1. The number of benzene rings is 1. The second-order valence-electron chi connectivity index (χ2n) is 4.84. The Balaban J connectivity index is 2.30. The van der Waals surface area contributed by atoms with Crippen molar-refractivity contribution in [1.82, 2.24) is 5.32 Å². The van der Waals surface area contributed by atoms with E-state index in [1.807, 2.05) is 7.05 Å². The molecule has 0 spiro atoms. The summed E-state index contributed by atoms with van der Waals surface area (Å²) in [5.41, 5.74) is 2.61. The molecule has 1 aliphatic heterocycles. The monoisotopic (exact) mass is 312 g/mol. The molecule has 1 heterocycles. The van der Waals surface area contributed by atoms with Crippen molar-refractivity contribution in [1.29, 1.82) is 0 Å². The largest absolute Gasteiger partial charge is 0.379 e. The highest BCUT2D eigenvalue weighted by molar-refractivity contribution is 9.10. The van der Waals surface area contributed by atoms with Crippen LogP contribution in [0.5, 0.6) is 0 Å². The van der Waals surface area contributed by atoms with Crippen LogP contribution in [0.3, 0.4) is 0 Å². The predicted molar refractivity (Wildman–Crippen MR) is 79.2 cm³/mol. The van der Waals surface area contributed by atoms with Crippen LogP contribution in [0, 0.1) is 0 Å². The summed E-state index contributed by atoms with van der Waals surface area (Å²) in [7, 11) is 4.16. The van der Waals surface area contributed by atoms with Crippen molar-refractivity contribution in [2.45, 2.75) is 25.4 Å². The van der Waals surface area contributed by atoms with Crippen LogP contribution in [0.15, 0.2) is 22.7 Å². The van der Waals surface area contributed by atoms with Crippen LogP contribution in [-0.4, -0.2) is 33.4 Å². The molecule has 0 radical (unpaired) electrons. The summed E-state index contributed by atoms with van der Waals surface area (Å²) in [6.45, 7) is 3.90. The van der Waals surface area contributed by atoms with Gasteiger partial charge in [0.25, 0.3) is 0 Å². The van der Waals surface area contributed by atoms with E-state index < -0.39 is 0 Å². The molecule has 4 heteroatoms. The summed E-state index contributed by atoms with van der Waals surface area (Å²) >= 11 is 3.56. The van der Waals surface area contributed by atoms with Gasteiger partial charge in [0.2, 0.25) is 0 Å². The van der Waals surface area contributed by atoms with E-state index in [4.69, 9.17) is 4.74 Å². The molecule has 2 atom stereocenters. The number of nitrogens with one attached hydrogen (secondary N) is 1. The molecule has 0 bridgehead atoms. The van der Waals surface area contributed by atoms with Crippen molar-refractivity contribution in [3.63, 3.8) is 0 Å². The first-order valence-corrected chi connectivity index (χ1v) is 7.20. The average molecular weight is 313 g/mol. The molecule has 1 aromatic carbocycles. The van der Waals surface area contributed by atoms with Gasteiger partial charge < -0.3 is 15.0 Å². The first-order chi connectivity index (χ1) is 8.63. The highest BCUT2D eigenvalue weighted by Gasteiger charge is 2.23. The van der Waals surface area contributed by atoms with E-state index in [1.54, 1.807) is 0 Å². The maximum atomic E-state index is 5.48. The molecule has 2 unspecified atom stereocenters. The molecule has 1 aliphatic rings. The van der Waals surface area contributed by atoms with Crippen LogP contribution in [0.1, 0.15) is 24.9 Å². The molecule has 18 heavy (non-hydrogen) atoms. The van der Waals surface area contributed by atoms with Crippen molar-refractivity contribution in [3.05, 3.63) is 28.2 Å². The number of nitrogens with zero attached hydrogens (tertiary/aromatic N) is 1. The summed E-state index contributed by atoms with van der Waals surface area (Å²) in [6.07, 6.45) is 1.11. The Bertz CT molecular complexity index is 405. The minimum absolute atomic E-state index is 0.335. The number of ether oxygens (including phenoxy) is 1.